The van der Waals surface area contributed by atoms with Crippen molar-refractivity contribution >= 4 is 5.97 Å². The molecule has 190 valence electrons. The number of ether oxygens (including phenoxy) is 1. The van der Waals surface area contributed by atoms with E-state index in [9.17, 15) is 9.90 Å². The Morgan fingerprint density at radius 1 is 1.06 bits per heavy atom. The number of aliphatic hydroxyl groups excluding tert-OH is 1. The molecule has 7 fully saturated rings. The second-order valence-corrected chi connectivity index (χ2v) is 14.9. The summed E-state index contributed by atoms with van der Waals surface area (Å²) in [5, 5.41) is 11.0. The molecule has 3 aliphatic carbocycles. The van der Waals surface area contributed by atoms with Crippen molar-refractivity contribution in [3.05, 3.63) is 0 Å². The molecule has 3 saturated carbocycles. The molecule has 4 nitrogen and oxygen atoms in total. The van der Waals surface area contributed by atoms with Gasteiger partial charge < -0.3 is 9.84 Å². The quantitative estimate of drug-likeness (QED) is 0.547. The first-order valence-electron chi connectivity index (χ1n) is 14.7. The van der Waals surface area contributed by atoms with Gasteiger partial charge in [0.05, 0.1) is 11.5 Å². The van der Waals surface area contributed by atoms with Crippen molar-refractivity contribution < 1.29 is 14.6 Å². The molecule has 0 aromatic heterocycles. The van der Waals surface area contributed by atoms with Crippen LogP contribution in [0.4, 0.5) is 0 Å². The van der Waals surface area contributed by atoms with Crippen LogP contribution in [0.5, 0.6) is 0 Å². The Morgan fingerprint density at radius 3 is 2.62 bits per heavy atom. The monoisotopic (exact) mass is 469 g/mol. The fraction of sp³-hybridized carbons (Fsp3) is 0.967. The van der Waals surface area contributed by atoms with Gasteiger partial charge in [-0.25, -0.2) is 0 Å². The summed E-state index contributed by atoms with van der Waals surface area (Å²) < 4.78 is 6.08. The summed E-state index contributed by atoms with van der Waals surface area (Å²) in [4.78, 5) is 16.2. The number of carbonyl (C=O) groups excluding carboxylic acids is 1. The molecule has 4 aliphatic heterocycles. The van der Waals surface area contributed by atoms with Crippen molar-refractivity contribution in [2.75, 3.05) is 6.54 Å². The number of fused-ring (bicyclic) bond motifs is 4. The van der Waals surface area contributed by atoms with Gasteiger partial charge in [0.1, 0.15) is 5.60 Å². The topological polar surface area (TPSA) is 49.8 Å². The molecule has 4 heterocycles. The van der Waals surface area contributed by atoms with Crippen molar-refractivity contribution in [3.63, 3.8) is 0 Å². The van der Waals surface area contributed by atoms with E-state index in [4.69, 9.17) is 4.74 Å². The number of piperidine rings is 2. The molecule has 34 heavy (non-hydrogen) atoms. The van der Waals surface area contributed by atoms with Crippen molar-refractivity contribution in [3.8, 4) is 0 Å². The lowest BCUT2D eigenvalue weighted by Crippen LogP contribution is -2.68. The molecule has 1 N–H and O–H groups in total. The van der Waals surface area contributed by atoms with E-state index in [0.29, 0.717) is 22.8 Å². The highest BCUT2D eigenvalue weighted by Crippen LogP contribution is 2.79. The Labute approximate surface area is 206 Å². The third-order valence-electron chi connectivity index (χ3n) is 14.1. The Balaban J connectivity index is 1.34. The van der Waals surface area contributed by atoms with Crippen LogP contribution in [0.2, 0.25) is 0 Å². The smallest absolute Gasteiger partial charge is 0.315 e. The molecule has 7 bridgehead atoms. The van der Waals surface area contributed by atoms with Crippen LogP contribution in [-0.2, 0) is 9.53 Å². The van der Waals surface area contributed by atoms with Crippen LogP contribution in [0.1, 0.15) is 105 Å². The molecule has 0 amide bonds. The van der Waals surface area contributed by atoms with Crippen LogP contribution in [0.15, 0.2) is 0 Å². The summed E-state index contributed by atoms with van der Waals surface area (Å²) in [5.41, 5.74) is 0.131. The Bertz CT molecular complexity index is 919. The Morgan fingerprint density at radius 2 is 1.85 bits per heavy atom. The molecule has 7 rings (SSSR count). The van der Waals surface area contributed by atoms with Crippen LogP contribution in [0.3, 0.4) is 0 Å². The first-order chi connectivity index (χ1) is 16.0. The molecule has 7 aliphatic rings. The third kappa shape index (κ3) is 2.22. The molecule has 0 radical (unpaired) electrons. The zero-order valence-electron chi connectivity index (χ0n) is 22.2. The van der Waals surface area contributed by atoms with Gasteiger partial charge in [-0.2, -0.15) is 0 Å². The highest BCUT2D eigenvalue weighted by molar-refractivity contribution is 5.81. The van der Waals surface area contributed by atoms with E-state index in [0.717, 1.165) is 42.6 Å². The summed E-state index contributed by atoms with van der Waals surface area (Å²) in [6, 6.07) is 0.719. The Hall–Kier alpha value is -0.610. The van der Waals surface area contributed by atoms with Crippen molar-refractivity contribution in [1.82, 2.24) is 4.90 Å². The fourth-order valence-corrected chi connectivity index (χ4v) is 12.5. The summed E-state index contributed by atoms with van der Waals surface area (Å²) >= 11 is 0. The lowest BCUT2D eigenvalue weighted by Gasteiger charge is -2.67. The van der Waals surface area contributed by atoms with Gasteiger partial charge in [0.15, 0.2) is 0 Å². The summed E-state index contributed by atoms with van der Waals surface area (Å²) in [7, 11) is 0. The molecule has 12 atom stereocenters. The first-order valence-corrected chi connectivity index (χ1v) is 14.7. The number of hydrogen-bond acceptors (Lipinski definition) is 4. The highest BCUT2D eigenvalue weighted by atomic mass is 16.6. The summed E-state index contributed by atoms with van der Waals surface area (Å²) in [6.07, 6.45) is 13.1. The summed E-state index contributed by atoms with van der Waals surface area (Å²) in [5.74, 6) is 3.20. The highest BCUT2D eigenvalue weighted by Gasteiger charge is 2.80. The second kappa shape index (κ2) is 6.63. The van der Waals surface area contributed by atoms with E-state index >= 15 is 0 Å². The number of esters is 1. The van der Waals surface area contributed by atoms with E-state index in [2.05, 4.69) is 32.6 Å². The number of nitrogens with zero attached hydrogens (tertiary/aromatic N) is 1. The molecule has 0 aromatic carbocycles. The summed E-state index contributed by atoms with van der Waals surface area (Å²) in [6.45, 7) is 13.2. The maximum Gasteiger partial charge on any atom is 0.315 e. The largest absolute Gasteiger partial charge is 0.459 e. The number of hydrogen-bond donors (Lipinski definition) is 1. The van der Waals surface area contributed by atoms with E-state index in [-0.39, 0.29) is 11.9 Å². The number of carbonyl (C=O) groups is 1. The fourth-order valence-electron chi connectivity index (χ4n) is 12.5. The molecule has 4 saturated heterocycles. The van der Waals surface area contributed by atoms with Crippen LogP contribution < -0.4 is 0 Å². The van der Waals surface area contributed by atoms with Crippen LogP contribution in [-0.4, -0.2) is 45.8 Å². The first kappa shape index (κ1) is 22.6. The van der Waals surface area contributed by atoms with E-state index in [1.807, 2.05) is 6.92 Å². The zero-order chi connectivity index (χ0) is 23.9. The number of rotatable bonds is 4. The average Bonchev–Trinajstić information content (AvgIpc) is 3.31. The molecular weight excluding hydrogens is 422 g/mol. The second-order valence-electron chi connectivity index (χ2n) is 14.9. The third-order valence-corrected chi connectivity index (χ3v) is 14.1. The predicted octanol–water partition coefficient (Wildman–Crippen LogP) is 5.56. The van der Waals surface area contributed by atoms with E-state index in [1.165, 1.54) is 57.9 Å². The van der Waals surface area contributed by atoms with Crippen LogP contribution >= 0.6 is 0 Å². The maximum absolute atomic E-state index is 13.1. The Kier molecular flexibility index (Phi) is 4.40. The van der Waals surface area contributed by atoms with Crippen molar-refractivity contribution in [2.45, 2.75) is 129 Å². The van der Waals surface area contributed by atoms with E-state index < -0.39 is 17.1 Å². The van der Waals surface area contributed by atoms with Crippen molar-refractivity contribution in [1.29, 1.82) is 0 Å². The maximum atomic E-state index is 13.1. The van der Waals surface area contributed by atoms with Gasteiger partial charge in [-0.3, -0.25) is 9.69 Å². The van der Waals surface area contributed by atoms with Gasteiger partial charge in [0.2, 0.25) is 0 Å². The molecular formula is C30H47NO3. The standard InChI is InChI=1S/C30H47NO3/c1-18(2)20-9-13-26(3)19-8-15-29-12-6-7-22(29)30(26,24(20)31(29)17-19)16-10-21-27(4)14-11-23(32)28(21,5)25(33)34-27/h18-24,32H,6-17H2,1-5H3/t19-,20-,21+,22-,23+,24+,26+,27+,28+,29-,30+/m1/s1. The van der Waals surface area contributed by atoms with E-state index in [1.54, 1.807) is 0 Å². The minimum absolute atomic E-state index is 0.136. The SMILES string of the molecule is CC(C)[C@H]1CC[C@@]2(C)[C@@H]3CC[C@]45CCC[C@H]4[C@@]2(CC[C@@H]2[C@]4(C)C(=O)O[C@@]2(C)CC[C@@H]4O)[C@H]1N5C3. The normalized spacial score (nSPS) is 61.1. The lowest BCUT2D eigenvalue weighted by molar-refractivity contribution is -0.186. The number of aliphatic hydroxyl groups is 1. The lowest BCUT2D eigenvalue weighted by atomic mass is 9.41. The minimum atomic E-state index is -0.726. The van der Waals surface area contributed by atoms with Crippen LogP contribution in [0, 0.1) is 45.8 Å². The molecule has 4 heteroatoms. The van der Waals surface area contributed by atoms with Gasteiger partial charge in [-0.1, -0.05) is 27.2 Å². The van der Waals surface area contributed by atoms with Gasteiger partial charge in [0, 0.05) is 24.0 Å². The van der Waals surface area contributed by atoms with Gasteiger partial charge in [0.25, 0.3) is 0 Å². The van der Waals surface area contributed by atoms with Gasteiger partial charge in [-0.05, 0) is 113 Å². The zero-order valence-corrected chi connectivity index (χ0v) is 22.2. The van der Waals surface area contributed by atoms with Crippen LogP contribution in [0.25, 0.3) is 0 Å². The van der Waals surface area contributed by atoms with Gasteiger partial charge >= 0.3 is 5.97 Å². The minimum Gasteiger partial charge on any atom is -0.459 e. The average molecular weight is 470 g/mol. The van der Waals surface area contributed by atoms with Gasteiger partial charge in [-0.15, -0.1) is 0 Å². The predicted molar refractivity (Wildman–Crippen MR) is 132 cm³/mol. The van der Waals surface area contributed by atoms with Crippen molar-refractivity contribution in [2.24, 2.45) is 45.8 Å². The molecule has 1 unspecified atom stereocenters. The molecule has 1 spiro atoms. The molecule has 0 aromatic rings.